The Labute approximate surface area is 117 Å². The lowest BCUT2D eigenvalue weighted by atomic mass is 9.94. The van der Waals surface area contributed by atoms with Crippen LogP contribution < -0.4 is 11.3 Å². The fourth-order valence-electron chi connectivity index (χ4n) is 2.55. The number of benzene rings is 3. The van der Waals surface area contributed by atoms with E-state index in [-0.39, 0.29) is 11.9 Å². The Hall–Kier alpha value is -2.23. The average Bonchev–Trinajstić information content (AvgIpc) is 2.52. The third-order valence-corrected chi connectivity index (χ3v) is 3.52. The molecule has 2 nitrogen and oxygen atoms in total. The summed E-state index contributed by atoms with van der Waals surface area (Å²) in [6.45, 7) is 0. The lowest BCUT2D eigenvalue weighted by Crippen LogP contribution is -2.29. The summed E-state index contributed by atoms with van der Waals surface area (Å²) in [6.07, 6.45) is 0. The minimum atomic E-state index is -0.215. The molecular formula is C17H15FN2. The molecule has 3 aromatic rings. The van der Waals surface area contributed by atoms with E-state index in [2.05, 4.69) is 5.43 Å². The van der Waals surface area contributed by atoms with Gasteiger partial charge in [-0.2, -0.15) is 0 Å². The summed E-state index contributed by atoms with van der Waals surface area (Å²) < 4.78 is 13.9. The molecule has 0 bridgehead atoms. The zero-order chi connectivity index (χ0) is 13.9. The highest BCUT2D eigenvalue weighted by Gasteiger charge is 2.16. The topological polar surface area (TPSA) is 38.0 Å². The lowest BCUT2D eigenvalue weighted by molar-refractivity contribution is 0.627. The van der Waals surface area contributed by atoms with Crippen molar-refractivity contribution in [2.45, 2.75) is 6.04 Å². The van der Waals surface area contributed by atoms with E-state index in [0.717, 1.165) is 16.5 Å². The maximum atomic E-state index is 13.9. The molecule has 3 N–H and O–H groups in total. The molecule has 0 amide bonds. The van der Waals surface area contributed by atoms with Crippen LogP contribution in [0.4, 0.5) is 4.39 Å². The van der Waals surface area contributed by atoms with Crippen LogP contribution >= 0.6 is 0 Å². The van der Waals surface area contributed by atoms with Crippen molar-refractivity contribution in [3.05, 3.63) is 83.7 Å². The van der Waals surface area contributed by atoms with Crippen molar-refractivity contribution < 1.29 is 4.39 Å². The first-order chi connectivity index (χ1) is 9.81. The Morgan fingerprint density at radius 1 is 0.800 bits per heavy atom. The van der Waals surface area contributed by atoms with Gasteiger partial charge in [-0.15, -0.1) is 0 Å². The number of hydrazine groups is 1. The molecule has 0 saturated heterocycles. The summed E-state index contributed by atoms with van der Waals surface area (Å²) >= 11 is 0. The standard InChI is InChI=1S/C17H15FN2/c18-16-11-10-15(13-8-4-5-9-14(13)16)17(20-19)12-6-2-1-3-7-12/h1-11,17,20H,19H2. The summed E-state index contributed by atoms with van der Waals surface area (Å²) in [6, 6.07) is 20.4. The van der Waals surface area contributed by atoms with Crippen molar-refractivity contribution in [2.24, 2.45) is 5.84 Å². The summed E-state index contributed by atoms with van der Waals surface area (Å²) in [4.78, 5) is 0. The fraction of sp³-hybridized carbons (Fsp3) is 0.0588. The van der Waals surface area contributed by atoms with E-state index >= 15 is 0 Å². The first-order valence-electron chi connectivity index (χ1n) is 6.49. The smallest absolute Gasteiger partial charge is 0.131 e. The van der Waals surface area contributed by atoms with Gasteiger partial charge in [-0.3, -0.25) is 5.84 Å². The molecule has 0 aliphatic rings. The molecule has 3 heteroatoms. The zero-order valence-electron chi connectivity index (χ0n) is 10.9. The number of nitrogens with two attached hydrogens (primary N) is 1. The highest BCUT2D eigenvalue weighted by atomic mass is 19.1. The predicted octanol–water partition coefficient (Wildman–Crippen LogP) is 3.53. The molecule has 0 heterocycles. The number of halogens is 1. The van der Waals surface area contributed by atoms with E-state index in [0.29, 0.717) is 5.39 Å². The summed E-state index contributed by atoms with van der Waals surface area (Å²) in [5.41, 5.74) is 4.84. The summed E-state index contributed by atoms with van der Waals surface area (Å²) in [5, 5.41) is 1.49. The van der Waals surface area contributed by atoms with E-state index in [1.54, 1.807) is 12.1 Å². The molecule has 0 saturated carbocycles. The van der Waals surface area contributed by atoms with Crippen LogP contribution in [0.3, 0.4) is 0 Å². The normalized spacial score (nSPS) is 12.5. The monoisotopic (exact) mass is 266 g/mol. The zero-order valence-corrected chi connectivity index (χ0v) is 10.9. The molecule has 1 unspecified atom stereocenters. The molecule has 3 rings (SSSR count). The Morgan fingerprint density at radius 2 is 1.45 bits per heavy atom. The van der Waals surface area contributed by atoms with Gasteiger partial charge < -0.3 is 0 Å². The molecular weight excluding hydrogens is 251 g/mol. The van der Waals surface area contributed by atoms with Gasteiger partial charge in [-0.05, 0) is 22.6 Å². The fourth-order valence-corrected chi connectivity index (χ4v) is 2.55. The summed E-state index contributed by atoms with van der Waals surface area (Å²) in [5.74, 6) is 5.51. The van der Waals surface area contributed by atoms with Crippen molar-refractivity contribution in [2.75, 3.05) is 0 Å². The van der Waals surface area contributed by atoms with Crippen LogP contribution in [0.25, 0.3) is 10.8 Å². The van der Waals surface area contributed by atoms with Crippen LogP contribution in [0.5, 0.6) is 0 Å². The minimum absolute atomic E-state index is 0.165. The second-order valence-electron chi connectivity index (χ2n) is 4.69. The number of fused-ring (bicyclic) bond motifs is 1. The van der Waals surface area contributed by atoms with Gasteiger partial charge in [0.2, 0.25) is 0 Å². The van der Waals surface area contributed by atoms with Gasteiger partial charge in [-0.1, -0.05) is 60.7 Å². The van der Waals surface area contributed by atoms with Crippen molar-refractivity contribution in [1.29, 1.82) is 0 Å². The van der Waals surface area contributed by atoms with E-state index < -0.39 is 0 Å². The number of hydrogen-bond donors (Lipinski definition) is 2. The van der Waals surface area contributed by atoms with Crippen LogP contribution in [-0.4, -0.2) is 0 Å². The average molecular weight is 266 g/mol. The third-order valence-electron chi connectivity index (χ3n) is 3.52. The lowest BCUT2D eigenvalue weighted by Gasteiger charge is -2.19. The number of hydrogen-bond acceptors (Lipinski definition) is 2. The molecule has 1 atom stereocenters. The van der Waals surface area contributed by atoms with Crippen LogP contribution in [0, 0.1) is 5.82 Å². The van der Waals surface area contributed by atoms with Gasteiger partial charge in [0.15, 0.2) is 0 Å². The van der Waals surface area contributed by atoms with Gasteiger partial charge in [-0.25, -0.2) is 9.82 Å². The Balaban J connectivity index is 2.21. The first-order valence-corrected chi connectivity index (χ1v) is 6.49. The SMILES string of the molecule is NNC(c1ccccc1)c1ccc(F)c2ccccc12. The van der Waals surface area contributed by atoms with Gasteiger partial charge >= 0.3 is 0 Å². The minimum Gasteiger partial charge on any atom is -0.271 e. The van der Waals surface area contributed by atoms with Gasteiger partial charge in [0.25, 0.3) is 0 Å². The van der Waals surface area contributed by atoms with Crippen LogP contribution in [0.15, 0.2) is 66.7 Å². The molecule has 0 aliphatic carbocycles. The number of rotatable bonds is 3. The molecule has 100 valence electrons. The predicted molar refractivity (Wildman–Crippen MR) is 79.5 cm³/mol. The van der Waals surface area contributed by atoms with E-state index in [1.807, 2.05) is 48.5 Å². The van der Waals surface area contributed by atoms with Crippen molar-refractivity contribution in [1.82, 2.24) is 5.43 Å². The molecule has 0 radical (unpaired) electrons. The first kappa shape index (κ1) is 12.8. The highest BCUT2D eigenvalue weighted by molar-refractivity contribution is 5.87. The molecule has 0 fully saturated rings. The Morgan fingerprint density at radius 3 is 2.15 bits per heavy atom. The molecule has 20 heavy (non-hydrogen) atoms. The van der Waals surface area contributed by atoms with Crippen molar-refractivity contribution >= 4 is 10.8 Å². The summed E-state index contributed by atoms with van der Waals surface area (Å²) in [7, 11) is 0. The van der Waals surface area contributed by atoms with Gasteiger partial charge in [0, 0.05) is 5.39 Å². The van der Waals surface area contributed by atoms with Crippen LogP contribution in [0.2, 0.25) is 0 Å². The van der Waals surface area contributed by atoms with Crippen molar-refractivity contribution in [3.63, 3.8) is 0 Å². The number of nitrogens with one attached hydrogen (secondary N) is 1. The Bertz CT molecular complexity index is 725. The van der Waals surface area contributed by atoms with E-state index in [4.69, 9.17) is 5.84 Å². The maximum absolute atomic E-state index is 13.9. The molecule has 0 aromatic heterocycles. The van der Waals surface area contributed by atoms with Crippen molar-refractivity contribution in [3.8, 4) is 0 Å². The molecule has 0 spiro atoms. The second-order valence-corrected chi connectivity index (χ2v) is 4.69. The quantitative estimate of drug-likeness (QED) is 0.562. The van der Waals surface area contributed by atoms with Crippen LogP contribution in [0.1, 0.15) is 17.2 Å². The third kappa shape index (κ3) is 2.18. The highest BCUT2D eigenvalue weighted by Crippen LogP contribution is 2.29. The van der Waals surface area contributed by atoms with E-state index in [9.17, 15) is 4.39 Å². The van der Waals surface area contributed by atoms with Gasteiger partial charge in [0.05, 0.1) is 6.04 Å². The largest absolute Gasteiger partial charge is 0.271 e. The van der Waals surface area contributed by atoms with Crippen LogP contribution in [-0.2, 0) is 0 Å². The molecule has 0 aliphatic heterocycles. The van der Waals surface area contributed by atoms with E-state index in [1.165, 1.54) is 6.07 Å². The second kappa shape index (κ2) is 5.41. The molecule has 3 aromatic carbocycles. The Kier molecular flexibility index (Phi) is 3.46. The van der Waals surface area contributed by atoms with Gasteiger partial charge in [0.1, 0.15) is 5.82 Å². The maximum Gasteiger partial charge on any atom is 0.131 e.